The molecular formula is C9H16N2O3. The van der Waals surface area contributed by atoms with E-state index in [9.17, 15) is 9.59 Å². The van der Waals surface area contributed by atoms with Gasteiger partial charge in [-0.25, -0.2) is 0 Å². The fourth-order valence-corrected chi connectivity index (χ4v) is 1.71. The van der Waals surface area contributed by atoms with Gasteiger partial charge in [0.2, 0.25) is 0 Å². The summed E-state index contributed by atoms with van der Waals surface area (Å²) in [6.07, 6.45) is 1.91. The van der Waals surface area contributed by atoms with Gasteiger partial charge in [-0.15, -0.1) is 0 Å². The van der Waals surface area contributed by atoms with Crippen molar-refractivity contribution in [1.29, 1.82) is 0 Å². The molecule has 1 rings (SSSR count). The minimum atomic E-state index is -1.09. The molecule has 14 heavy (non-hydrogen) atoms. The number of carbonyl (C=O) groups excluding carboxylic acids is 1. The van der Waals surface area contributed by atoms with Gasteiger partial charge in [0.15, 0.2) is 11.8 Å². The number of nitrogens with zero attached hydrogens (tertiary/aromatic N) is 1. The first-order valence-electron chi connectivity index (χ1n) is 4.80. The summed E-state index contributed by atoms with van der Waals surface area (Å²) < 4.78 is 0. The molecule has 1 fully saturated rings. The van der Waals surface area contributed by atoms with E-state index < -0.39 is 23.8 Å². The van der Waals surface area contributed by atoms with Crippen molar-refractivity contribution in [3.05, 3.63) is 0 Å². The number of rotatable bonds is 4. The van der Waals surface area contributed by atoms with Crippen molar-refractivity contribution < 1.29 is 14.7 Å². The molecule has 0 aromatic carbocycles. The first-order valence-corrected chi connectivity index (χ1v) is 4.80. The highest BCUT2D eigenvalue weighted by Crippen LogP contribution is 2.13. The van der Waals surface area contributed by atoms with E-state index in [4.69, 9.17) is 10.8 Å². The predicted octanol–water partition coefficient (Wildman–Crippen LogP) is -0.548. The molecule has 0 spiro atoms. The number of carboxylic acid groups (broad SMARTS) is 1. The van der Waals surface area contributed by atoms with Gasteiger partial charge < -0.3 is 10.8 Å². The minimum Gasteiger partial charge on any atom is -0.480 e. The number of aliphatic carboxylic acids is 1. The van der Waals surface area contributed by atoms with Crippen LogP contribution in [0.1, 0.15) is 19.8 Å². The molecular weight excluding hydrogens is 184 g/mol. The van der Waals surface area contributed by atoms with Crippen LogP contribution in [-0.4, -0.2) is 46.9 Å². The van der Waals surface area contributed by atoms with Crippen molar-refractivity contribution in [2.24, 2.45) is 5.73 Å². The number of hydrogen-bond acceptors (Lipinski definition) is 4. The van der Waals surface area contributed by atoms with Gasteiger partial charge >= 0.3 is 5.97 Å². The average Bonchev–Trinajstić information content (AvgIpc) is 2.56. The predicted molar refractivity (Wildman–Crippen MR) is 50.9 cm³/mol. The maximum Gasteiger partial charge on any atom is 0.328 e. The Morgan fingerprint density at radius 3 is 2.21 bits per heavy atom. The molecule has 0 aliphatic carbocycles. The van der Waals surface area contributed by atoms with E-state index in [0.717, 1.165) is 12.8 Å². The lowest BCUT2D eigenvalue weighted by Crippen LogP contribution is -2.50. The van der Waals surface area contributed by atoms with E-state index in [2.05, 4.69) is 0 Å². The smallest absolute Gasteiger partial charge is 0.328 e. The number of ketones is 1. The van der Waals surface area contributed by atoms with E-state index in [1.54, 1.807) is 4.90 Å². The van der Waals surface area contributed by atoms with Gasteiger partial charge in [0, 0.05) is 0 Å². The Bertz CT molecular complexity index is 234. The molecule has 0 radical (unpaired) electrons. The number of nitrogens with two attached hydrogens (primary N) is 1. The van der Waals surface area contributed by atoms with Crippen molar-refractivity contribution >= 4 is 11.8 Å². The first kappa shape index (κ1) is 11.1. The van der Waals surface area contributed by atoms with Crippen LogP contribution in [0.15, 0.2) is 0 Å². The topological polar surface area (TPSA) is 83.6 Å². The largest absolute Gasteiger partial charge is 0.480 e. The molecule has 0 saturated carbocycles. The molecule has 80 valence electrons. The van der Waals surface area contributed by atoms with Crippen LogP contribution in [0.5, 0.6) is 0 Å². The second-order valence-electron chi connectivity index (χ2n) is 3.67. The Morgan fingerprint density at radius 2 is 1.86 bits per heavy atom. The fraction of sp³-hybridized carbons (Fsp3) is 0.778. The standard InChI is InChI=1S/C9H16N2O3/c1-6(10)8(12)7(9(13)14)11-4-2-3-5-11/h6-7H,2-5,10H2,1H3,(H,13,14)/t6-,7?/m0/s1. The van der Waals surface area contributed by atoms with Gasteiger partial charge in [-0.2, -0.15) is 0 Å². The van der Waals surface area contributed by atoms with Gasteiger partial charge in [0.05, 0.1) is 6.04 Å². The van der Waals surface area contributed by atoms with Crippen LogP contribution in [0.2, 0.25) is 0 Å². The highest BCUT2D eigenvalue weighted by molar-refractivity contribution is 6.04. The van der Waals surface area contributed by atoms with Crippen LogP contribution < -0.4 is 5.73 Å². The number of hydrogen-bond donors (Lipinski definition) is 2. The minimum absolute atomic E-state index is 0.403. The summed E-state index contributed by atoms with van der Waals surface area (Å²) in [6, 6.07) is -1.76. The Balaban J connectivity index is 2.72. The summed E-state index contributed by atoms with van der Waals surface area (Å²) in [5.41, 5.74) is 5.40. The molecule has 5 heteroatoms. The first-order chi connectivity index (χ1) is 6.54. The molecule has 0 bridgehead atoms. The molecule has 1 aliphatic rings. The molecule has 0 aromatic heterocycles. The SMILES string of the molecule is C[C@H](N)C(=O)C(C(=O)O)N1CCCC1. The Labute approximate surface area is 82.9 Å². The van der Waals surface area contributed by atoms with Gasteiger partial charge in [0.25, 0.3) is 0 Å². The van der Waals surface area contributed by atoms with Crippen LogP contribution in [0.3, 0.4) is 0 Å². The quantitative estimate of drug-likeness (QED) is 0.595. The van der Waals surface area contributed by atoms with Crippen molar-refractivity contribution in [2.75, 3.05) is 13.1 Å². The van der Waals surface area contributed by atoms with Crippen LogP contribution in [-0.2, 0) is 9.59 Å². The van der Waals surface area contributed by atoms with E-state index in [0.29, 0.717) is 13.1 Å². The fourth-order valence-electron chi connectivity index (χ4n) is 1.71. The lowest BCUT2D eigenvalue weighted by atomic mass is 10.1. The molecule has 0 aromatic rings. The third kappa shape index (κ3) is 2.30. The van der Waals surface area contributed by atoms with E-state index in [-0.39, 0.29) is 0 Å². The lowest BCUT2D eigenvalue weighted by molar-refractivity contribution is -0.148. The molecule has 5 nitrogen and oxygen atoms in total. The Morgan fingerprint density at radius 1 is 1.36 bits per heavy atom. The normalized spacial score (nSPS) is 21.9. The van der Waals surface area contributed by atoms with Crippen molar-refractivity contribution in [2.45, 2.75) is 31.8 Å². The number of carbonyl (C=O) groups is 2. The van der Waals surface area contributed by atoms with Gasteiger partial charge in [-0.1, -0.05) is 0 Å². The molecule has 1 heterocycles. The zero-order valence-electron chi connectivity index (χ0n) is 8.27. The number of likely N-dealkylation sites (tertiary alicyclic amines) is 1. The van der Waals surface area contributed by atoms with Crippen LogP contribution in [0, 0.1) is 0 Å². The lowest BCUT2D eigenvalue weighted by Gasteiger charge is -2.23. The second kappa shape index (κ2) is 4.52. The monoisotopic (exact) mass is 200 g/mol. The summed E-state index contributed by atoms with van der Waals surface area (Å²) in [5, 5.41) is 8.93. The van der Waals surface area contributed by atoms with Gasteiger partial charge in [-0.05, 0) is 32.9 Å². The van der Waals surface area contributed by atoms with Crippen molar-refractivity contribution in [3.8, 4) is 0 Å². The number of carboxylic acids is 1. The molecule has 1 unspecified atom stereocenters. The summed E-state index contributed by atoms with van der Waals surface area (Å²) in [6.45, 7) is 2.87. The van der Waals surface area contributed by atoms with Gasteiger partial charge in [0.1, 0.15) is 0 Å². The highest BCUT2D eigenvalue weighted by atomic mass is 16.4. The second-order valence-corrected chi connectivity index (χ2v) is 3.67. The zero-order chi connectivity index (χ0) is 10.7. The highest BCUT2D eigenvalue weighted by Gasteiger charge is 2.35. The number of Topliss-reactive ketones (excluding diaryl/α,β-unsaturated/α-hetero) is 1. The molecule has 1 aliphatic heterocycles. The zero-order valence-corrected chi connectivity index (χ0v) is 8.27. The Hall–Kier alpha value is -0.940. The van der Waals surface area contributed by atoms with Crippen LogP contribution in [0.25, 0.3) is 0 Å². The van der Waals surface area contributed by atoms with Crippen molar-refractivity contribution in [1.82, 2.24) is 4.90 Å². The third-order valence-electron chi connectivity index (χ3n) is 2.46. The van der Waals surface area contributed by atoms with Crippen LogP contribution in [0.4, 0.5) is 0 Å². The van der Waals surface area contributed by atoms with E-state index in [1.807, 2.05) is 0 Å². The maximum absolute atomic E-state index is 11.5. The summed E-state index contributed by atoms with van der Waals surface area (Å²) in [4.78, 5) is 24.1. The Kier molecular flexibility index (Phi) is 3.60. The van der Waals surface area contributed by atoms with Crippen molar-refractivity contribution in [3.63, 3.8) is 0 Å². The molecule has 2 atom stereocenters. The third-order valence-corrected chi connectivity index (χ3v) is 2.46. The molecule has 1 saturated heterocycles. The molecule has 0 amide bonds. The maximum atomic E-state index is 11.5. The van der Waals surface area contributed by atoms with E-state index in [1.165, 1.54) is 6.92 Å². The van der Waals surface area contributed by atoms with Gasteiger partial charge in [-0.3, -0.25) is 14.5 Å². The van der Waals surface area contributed by atoms with E-state index >= 15 is 0 Å². The molecule has 3 N–H and O–H groups in total. The summed E-state index contributed by atoms with van der Waals surface area (Å²) >= 11 is 0. The van der Waals surface area contributed by atoms with Crippen LogP contribution >= 0.6 is 0 Å². The summed E-state index contributed by atoms with van der Waals surface area (Å²) in [7, 11) is 0. The summed E-state index contributed by atoms with van der Waals surface area (Å²) in [5.74, 6) is -1.49. The average molecular weight is 200 g/mol.